The summed E-state index contributed by atoms with van der Waals surface area (Å²) in [5, 5.41) is 2.92. The Morgan fingerprint density at radius 2 is 2.12 bits per heavy atom. The molecule has 0 saturated heterocycles. The number of nitrogens with one attached hydrogen (secondary N) is 1. The predicted molar refractivity (Wildman–Crippen MR) is 70.1 cm³/mol. The van der Waals surface area contributed by atoms with E-state index in [9.17, 15) is 4.79 Å². The van der Waals surface area contributed by atoms with Crippen LogP contribution < -0.4 is 5.32 Å². The lowest BCUT2D eigenvalue weighted by molar-refractivity contribution is -0.121. The number of hydrogen-bond acceptors (Lipinski definition) is 2. The number of thiophene rings is 1. The molecule has 0 spiro atoms. The van der Waals surface area contributed by atoms with Crippen molar-refractivity contribution in [1.29, 1.82) is 0 Å². The van der Waals surface area contributed by atoms with E-state index < -0.39 is 0 Å². The highest BCUT2D eigenvalue weighted by Crippen LogP contribution is 2.16. The minimum Gasteiger partial charge on any atom is -0.351 e. The summed E-state index contributed by atoms with van der Waals surface area (Å²) in [6.45, 7) is 2.80. The highest BCUT2D eigenvalue weighted by atomic mass is 35.5. The fourth-order valence-corrected chi connectivity index (χ4v) is 2.45. The third-order valence-electron chi connectivity index (χ3n) is 2.31. The first kappa shape index (κ1) is 13.5. The van der Waals surface area contributed by atoms with Crippen molar-refractivity contribution in [3.8, 4) is 0 Å². The lowest BCUT2D eigenvalue weighted by Crippen LogP contribution is -2.21. The van der Waals surface area contributed by atoms with Crippen molar-refractivity contribution in [2.75, 3.05) is 5.88 Å². The maximum Gasteiger partial charge on any atom is 0.220 e. The van der Waals surface area contributed by atoms with Crippen molar-refractivity contribution in [2.45, 2.75) is 39.2 Å². The van der Waals surface area contributed by atoms with Crippen LogP contribution in [0.25, 0.3) is 0 Å². The van der Waals surface area contributed by atoms with Gasteiger partial charge in [0.2, 0.25) is 5.91 Å². The largest absolute Gasteiger partial charge is 0.351 e. The first-order valence-corrected chi connectivity index (χ1v) is 7.01. The summed E-state index contributed by atoms with van der Waals surface area (Å²) >= 11 is 7.31. The van der Waals surface area contributed by atoms with Gasteiger partial charge in [-0.1, -0.05) is 6.92 Å². The van der Waals surface area contributed by atoms with Crippen LogP contribution in [-0.4, -0.2) is 11.8 Å². The number of amides is 1. The fraction of sp³-hybridized carbons (Fsp3) is 0.583. The molecule has 2 nitrogen and oxygen atoms in total. The topological polar surface area (TPSA) is 29.1 Å². The first-order chi connectivity index (χ1) is 7.76. The maximum absolute atomic E-state index is 11.4. The van der Waals surface area contributed by atoms with Crippen LogP contribution in [0.4, 0.5) is 0 Å². The number of alkyl halides is 1. The summed E-state index contributed by atoms with van der Waals surface area (Å²) in [7, 11) is 0. The first-order valence-electron chi connectivity index (χ1n) is 5.66. The van der Waals surface area contributed by atoms with E-state index in [1.54, 1.807) is 11.3 Å². The molecule has 1 amide bonds. The van der Waals surface area contributed by atoms with Crippen LogP contribution in [0.15, 0.2) is 12.1 Å². The second kappa shape index (κ2) is 7.69. The molecular weight excluding hydrogens is 242 g/mol. The monoisotopic (exact) mass is 259 g/mol. The molecule has 0 bridgehead atoms. The zero-order valence-corrected chi connectivity index (χ0v) is 11.2. The Kier molecular flexibility index (Phi) is 6.50. The van der Waals surface area contributed by atoms with Crippen LogP contribution in [0.5, 0.6) is 0 Å². The molecule has 0 aliphatic carbocycles. The van der Waals surface area contributed by atoms with Crippen LogP contribution in [-0.2, 0) is 17.8 Å². The van der Waals surface area contributed by atoms with Gasteiger partial charge >= 0.3 is 0 Å². The average molecular weight is 260 g/mol. The van der Waals surface area contributed by atoms with Crippen LogP contribution in [0, 0.1) is 0 Å². The van der Waals surface area contributed by atoms with Crippen molar-refractivity contribution in [1.82, 2.24) is 5.32 Å². The molecule has 0 aromatic carbocycles. The molecule has 1 rings (SSSR count). The Labute approximate surface area is 106 Å². The zero-order chi connectivity index (χ0) is 11.8. The van der Waals surface area contributed by atoms with Crippen LogP contribution >= 0.6 is 22.9 Å². The molecule has 0 atom stereocenters. The minimum atomic E-state index is 0.122. The quantitative estimate of drug-likeness (QED) is 0.591. The third kappa shape index (κ3) is 4.99. The van der Waals surface area contributed by atoms with E-state index in [0.29, 0.717) is 18.8 Å². The summed E-state index contributed by atoms with van der Waals surface area (Å²) in [5.74, 6) is 0.759. The van der Waals surface area contributed by atoms with Crippen LogP contribution in [0.1, 0.15) is 35.9 Å². The van der Waals surface area contributed by atoms with Gasteiger partial charge in [-0.25, -0.2) is 0 Å². The van der Waals surface area contributed by atoms with Crippen molar-refractivity contribution in [3.63, 3.8) is 0 Å². The van der Waals surface area contributed by atoms with Gasteiger partial charge in [0.25, 0.3) is 0 Å². The summed E-state index contributed by atoms with van der Waals surface area (Å²) in [6, 6.07) is 4.21. The lowest BCUT2D eigenvalue weighted by Gasteiger charge is -2.02. The Morgan fingerprint density at radius 3 is 2.75 bits per heavy atom. The van der Waals surface area contributed by atoms with Gasteiger partial charge in [-0.15, -0.1) is 22.9 Å². The molecule has 1 N–H and O–H groups in total. The van der Waals surface area contributed by atoms with Gasteiger partial charge in [0.15, 0.2) is 0 Å². The fourth-order valence-electron chi connectivity index (χ4n) is 1.36. The average Bonchev–Trinajstić information content (AvgIpc) is 2.74. The van der Waals surface area contributed by atoms with E-state index in [1.165, 1.54) is 9.75 Å². The minimum absolute atomic E-state index is 0.122. The number of carbonyl (C=O) groups excluding carboxylic acids is 1. The molecule has 0 radical (unpaired) electrons. The standard InChI is InChI=1S/C12H18ClNOS/c1-2-10-6-7-11(16-10)9-14-12(15)5-3-4-8-13/h6-7H,2-5,8-9H2,1H3,(H,14,15). The van der Waals surface area contributed by atoms with Gasteiger partial charge in [-0.2, -0.15) is 0 Å². The highest BCUT2D eigenvalue weighted by Gasteiger charge is 2.02. The van der Waals surface area contributed by atoms with Gasteiger partial charge < -0.3 is 5.32 Å². The summed E-state index contributed by atoms with van der Waals surface area (Å²) < 4.78 is 0. The molecule has 1 aromatic rings. The van der Waals surface area contributed by atoms with E-state index in [2.05, 4.69) is 24.4 Å². The molecule has 0 aliphatic heterocycles. The van der Waals surface area contributed by atoms with Crippen molar-refractivity contribution >= 4 is 28.8 Å². The normalized spacial score (nSPS) is 10.4. The van der Waals surface area contributed by atoms with Gasteiger partial charge in [-0.05, 0) is 31.4 Å². The Hall–Kier alpha value is -0.540. The molecule has 16 heavy (non-hydrogen) atoms. The SMILES string of the molecule is CCc1ccc(CNC(=O)CCCCCl)s1. The van der Waals surface area contributed by atoms with Gasteiger partial charge in [0.1, 0.15) is 0 Å². The smallest absolute Gasteiger partial charge is 0.220 e. The second-order valence-corrected chi connectivity index (χ2v) is 5.28. The number of unbranched alkanes of at least 4 members (excludes halogenated alkanes) is 1. The molecule has 0 unspecified atom stereocenters. The third-order valence-corrected chi connectivity index (χ3v) is 3.81. The summed E-state index contributed by atoms with van der Waals surface area (Å²) in [6.07, 6.45) is 3.43. The van der Waals surface area contributed by atoms with Crippen LogP contribution in [0.3, 0.4) is 0 Å². The van der Waals surface area contributed by atoms with E-state index in [1.807, 2.05) is 0 Å². The number of halogens is 1. The van der Waals surface area contributed by atoms with E-state index in [4.69, 9.17) is 11.6 Å². The molecule has 0 aliphatic rings. The molecule has 0 saturated carbocycles. The highest BCUT2D eigenvalue weighted by molar-refractivity contribution is 7.11. The number of rotatable bonds is 7. The Balaban J connectivity index is 2.20. The van der Waals surface area contributed by atoms with E-state index >= 15 is 0 Å². The van der Waals surface area contributed by atoms with Crippen molar-refractivity contribution < 1.29 is 4.79 Å². The van der Waals surface area contributed by atoms with Crippen molar-refractivity contribution in [2.24, 2.45) is 0 Å². The summed E-state index contributed by atoms with van der Waals surface area (Å²) in [5.41, 5.74) is 0. The predicted octanol–water partition coefficient (Wildman–Crippen LogP) is 3.34. The van der Waals surface area contributed by atoms with Crippen LogP contribution in [0.2, 0.25) is 0 Å². The maximum atomic E-state index is 11.4. The van der Waals surface area contributed by atoms with Gasteiger partial charge in [-0.3, -0.25) is 4.79 Å². The zero-order valence-electron chi connectivity index (χ0n) is 9.59. The van der Waals surface area contributed by atoms with Crippen molar-refractivity contribution in [3.05, 3.63) is 21.9 Å². The molecule has 90 valence electrons. The van der Waals surface area contributed by atoms with E-state index in [0.717, 1.165) is 19.3 Å². The van der Waals surface area contributed by atoms with Gasteiger partial charge in [0, 0.05) is 22.1 Å². The number of aryl methyl sites for hydroxylation is 1. The molecular formula is C12H18ClNOS. The molecule has 4 heteroatoms. The molecule has 1 heterocycles. The molecule has 1 aromatic heterocycles. The van der Waals surface area contributed by atoms with Gasteiger partial charge in [0.05, 0.1) is 6.54 Å². The molecule has 0 fully saturated rings. The second-order valence-electron chi connectivity index (χ2n) is 3.64. The summed E-state index contributed by atoms with van der Waals surface area (Å²) in [4.78, 5) is 14.0. The lowest BCUT2D eigenvalue weighted by atomic mass is 10.2. The van der Waals surface area contributed by atoms with E-state index in [-0.39, 0.29) is 5.91 Å². The number of carbonyl (C=O) groups is 1. The Bertz CT molecular complexity index is 325. The Morgan fingerprint density at radius 1 is 1.38 bits per heavy atom. The number of hydrogen-bond donors (Lipinski definition) is 1.